The van der Waals surface area contributed by atoms with Gasteiger partial charge in [0, 0.05) is 11.5 Å². The number of thiocarbonyl (C=S) groups is 1. The van der Waals surface area contributed by atoms with Crippen molar-refractivity contribution in [3.63, 3.8) is 0 Å². The summed E-state index contributed by atoms with van der Waals surface area (Å²) in [6, 6.07) is 20.1. The molecule has 0 bridgehead atoms. The van der Waals surface area contributed by atoms with Crippen molar-refractivity contribution in [3.8, 4) is 0 Å². The lowest BCUT2D eigenvalue weighted by Gasteiger charge is -1.91. The third kappa shape index (κ3) is 3.99. The van der Waals surface area contributed by atoms with Crippen molar-refractivity contribution in [2.75, 3.05) is 0 Å². The lowest BCUT2D eigenvalue weighted by Crippen LogP contribution is -1.93. The topological polar surface area (TPSA) is 42.6 Å². The van der Waals surface area contributed by atoms with Gasteiger partial charge in [-0.05, 0) is 36.5 Å². The molecule has 1 heterocycles. The highest BCUT2D eigenvalue weighted by atomic mass is 32.1. The average molecular weight is 281 g/mol. The number of hydrogen-bond acceptors (Lipinski definition) is 4. The van der Waals surface area contributed by atoms with Crippen molar-refractivity contribution < 1.29 is 4.42 Å². The van der Waals surface area contributed by atoms with Gasteiger partial charge in [-0.2, -0.15) is 4.99 Å². The summed E-state index contributed by atoms with van der Waals surface area (Å²) in [6.45, 7) is 0. The van der Waals surface area contributed by atoms with Crippen LogP contribution in [0.25, 0.3) is 11.0 Å². The summed E-state index contributed by atoms with van der Waals surface area (Å²) >= 11 is 4.42. The third-order valence-electron chi connectivity index (χ3n) is 2.46. The lowest BCUT2D eigenvalue weighted by molar-refractivity contribution is 0.561. The fraction of sp³-hybridized carbons (Fsp3) is 0. The Morgan fingerprint density at radius 3 is 2.35 bits per heavy atom. The summed E-state index contributed by atoms with van der Waals surface area (Å²) in [6.07, 6.45) is 0. The molecule has 0 spiro atoms. The largest absolute Gasteiger partial charge is 0.423 e. The number of benzene rings is 2. The molecule has 2 aromatic carbocycles. The SMILES string of the molecule is O=c1ccc2ccccc2o1.S=C=Nc1ccccc1. The highest BCUT2D eigenvalue weighted by Crippen LogP contribution is 2.09. The lowest BCUT2D eigenvalue weighted by atomic mass is 10.2. The summed E-state index contributed by atoms with van der Waals surface area (Å²) < 4.78 is 4.91. The fourth-order valence-electron chi connectivity index (χ4n) is 1.57. The molecule has 0 saturated heterocycles. The van der Waals surface area contributed by atoms with Crippen molar-refractivity contribution in [1.82, 2.24) is 0 Å². The van der Waals surface area contributed by atoms with Crippen molar-refractivity contribution in [1.29, 1.82) is 0 Å². The first kappa shape index (κ1) is 13.9. The Bertz CT molecular complexity index is 790. The molecule has 0 N–H and O–H groups in total. The van der Waals surface area contributed by atoms with Crippen LogP contribution in [0, 0.1) is 0 Å². The first-order valence-corrected chi connectivity index (χ1v) is 6.32. The highest BCUT2D eigenvalue weighted by Gasteiger charge is 1.92. The second kappa shape index (κ2) is 7.14. The monoisotopic (exact) mass is 281 g/mol. The normalized spacial score (nSPS) is 9.20. The van der Waals surface area contributed by atoms with E-state index in [-0.39, 0.29) is 5.63 Å². The van der Waals surface area contributed by atoms with Crippen LogP contribution >= 0.6 is 12.2 Å². The summed E-state index contributed by atoms with van der Waals surface area (Å²) in [5, 5.41) is 3.24. The highest BCUT2D eigenvalue weighted by molar-refractivity contribution is 7.78. The predicted octanol–water partition coefficient (Wildman–Crippen LogP) is 4.21. The molecule has 0 aliphatic carbocycles. The molecule has 0 fully saturated rings. The van der Waals surface area contributed by atoms with Gasteiger partial charge in [0.2, 0.25) is 0 Å². The Balaban J connectivity index is 0.000000151. The summed E-state index contributed by atoms with van der Waals surface area (Å²) in [5.74, 6) is 0. The molecule has 0 aliphatic rings. The van der Waals surface area contributed by atoms with E-state index in [1.54, 1.807) is 12.1 Å². The standard InChI is InChI=1S/C9H6O2.C7H5NS/c10-9-6-5-7-3-1-2-4-8(7)11-9;9-6-8-7-4-2-1-3-5-7/h1-6H;1-5H. The minimum Gasteiger partial charge on any atom is -0.423 e. The third-order valence-corrected chi connectivity index (χ3v) is 2.55. The van der Waals surface area contributed by atoms with Gasteiger partial charge in [0.15, 0.2) is 0 Å². The molecule has 1 aromatic heterocycles. The second-order valence-electron chi connectivity index (χ2n) is 3.83. The van der Waals surface area contributed by atoms with E-state index < -0.39 is 0 Å². The Morgan fingerprint density at radius 1 is 0.900 bits per heavy atom. The number of isothiocyanates is 1. The minimum absolute atomic E-state index is 0.302. The van der Waals surface area contributed by atoms with E-state index in [1.165, 1.54) is 6.07 Å². The average Bonchev–Trinajstić information content (AvgIpc) is 2.49. The van der Waals surface area contributed by atoms with Gasteiger partial charge in [-0.25, -0.2) is 4.79 Å². The molecule has 0 aliphatic heterocycles. The van der Waals surface area contributed by atoms with Crippen LogP contribution in [-0.4, -0.2) is 5.16 Å². The Hall–Kier alpha value is -2.55. The maximum Gasteiger partial charge on any atom is 0.336 e. The van der Waals surface area contributed by atoms with Gasteiger partial charge in [0.05, 0.1) is 10.8 Å². The van der Waals surface area contributed by atoms with E-state index >= 15 is 0 Å². The van der Waals surface area contributed by atoms with Gasteiger partial charge >= 0.3 is 5.63 Å². The number of aliphatic imine (C=N–C) groups is 1. The van der Waals surface area contributed by atoms with Crippen molar-refractivity contribution >= 4 is 34.0 Å². The van der Waals surface area contributed by atoms with Gasteiger partial charge < -0.3 is 4.42 Å². The van der Waals surface area contributed by atoms with E-state index in [4.69, 9.17) is 4.42 Å². The molecule has 4 heteroatoms. The molecule has 0 saturated carbocycles. The fourth-order valence-corrected chi connectivity index (χ4v) is 1.67. The van der Waals surface area contributed by atoms with Crippen LogP contribution in [-0.2, 0) is 0 Å². The van der Waals surface area contributed by atoms with Gasteiger partial charge in [0.25, 0.3) is 0 Å². The molecule has 0 atom stereocenters. The minimum atomic E-state index is -0.302. The zero-order valence-electron chi connectivity index (χ0n) is 10.5. The summed E-state index contributed by atoms with van der Waals surface area (Å²) in [5.41, 5.74) is 1.19. The summed E-state index contributed by atoms with van der Waals surface area (Å²) in [4.78, 5) is 14.5. The maximum absolute atomic E-state index is 10.7. The Kier molecular flexibility index (Phi) is 4.95. The molecule has 3 nitrogen and oxygen atoms in total. The van der Waals surface area contributed by atoms with E-state index in [1.807, 2.05) is 48.5 Å². The van der Waals surface area contributed by atoms with Crippen molar-refractivity contribution in [3.05, 3.63) is 77.2 Å². The molecule has 20 heavy (non-hydrogen) atoms. The van der Waals surface area contributed by atoms with E-state index in [9.17, 15) is 4.79 Å². The zero-order valence-corrected chi connectivity index (χ0v) is 11.3. The number of para-hydroxylation sites is 2. The van der Waals surface area contributed by atoms with E-state index in [0.717, 1.165) is 11.1 Å². The molecule has 98 valence electrons. The van der Waals surface area contributed by atoms with Crippen LogP contribution in [0.4, 0.5) is 5.69 Å². The van der Waals surface area contributed by atoms with Crippen LogP contribution in [0.5, 0.6) is 0 Å². The molecule has 3 aromatic rings. The number of nitrogens with zero attached hydrogens (tertiary/aromatic N) is 1. The molecule has 0 radical (unpaired) electrons. The van der Waals surface area contributed by atoms with E-state index in [2.05, 4.69) is 22.4 Å². The zero-order chi connectivity index (χ0) is 14.2. The van der Waals surface area contributed by atoms with Gasteiger partial charge in [-0.3, -0.25) is 0 Å². The van der Waals surface area contributed by atoms with E-state index in [0.29, 0.717) is 5.58 Å². The summed E-state index contributed by atoms with van der Waals surface area (Å²) in [7, 11) is 0. The molecule has 0 amide bonds. The van der Waals surface area contributed by atoms with Crippen LogP contribution < -0.4 is 5.63 Å². The number of fused-ring (bicyclic) bond motifs is 1. The molecular formula is C16H11NO2S. The molecule has 0 unspecified atom stereocenters. The first-order chi connectivity index (χ1) is 9.79. The van der Waals surface area contributed by atoms with Crippen molar-refractivity contribution in [2.24, 2.45) is 4.99 Å². The van der Waals surface area contributed by atoms with Crippen LogP contribution in [0.15, 0.2) is 80.9 Å². The maximum atomic E-state index is 10.7. The van der Waals surface area contributed by atoms with Crippen LogP contribution in [0.3, 0.4) is 0 Å². The molecule has 3 rings (SSSR count). The Morgan fingerprint density at radius 2 is 1.60 bits per heavy atom. The van der Waals surface area contributed by atoms with Gasteiger partial charge in [-0.1, -0.05) is 36.4 Å². The van der Waals surface area contributed by atoms with Crippen LogP contribution in [0.2, 0.25) is 0 Å². The second-order valence-corrected chi connectivity index (χ2v) is 4.01. The first-order valence-electron chi connectivity index (χ1n) is 5.91. The van der Waals surface area contributed by atoms with Gasteiger partial charge in [0.1, 0.15) is 5.58 Å². The Labute approximate surface area is 121 Å². The predicted molar refractivity (Wildman–Crippen MR) is 83.6 cm³/mol. The number of rotatable bonds is 1. The molecular weight excluding hydrogens is 270 g/mol. The smallest absolute Gasteiger partial charge is 0.336 e. The number of hydrogen-bond donors (Lipinski definition) is 0. The quantitative estimate of drug-likeness (QED) is 0.381. The van der Waals surface area contributed by atoms with Crippen LogP contribution in [0.1, 0.15) is 0 Å². The van der Waals surface area contributed by atoms with Crippen molar-refractivity contribution in [2.45, 2.75) is 0 Å². The van der Waals surface area contributed by atoms with Gasteiger partial charge in [-0.15, -0.1) is 0 Å².